The molecule has 1 aromatic heterocycles. The molecule has 0 radical (unpaired) electrons. The molecule has 8 heteroatoms. The Morgan fingerprint density at radius 3 is 3.08 bits per heavy atom. The van der Waals surface area contributed by atoms with Crippen molar-refractivity contribution in [1.29, 1.82) is 0 Å². The maximum absolute atomic E-state index is 12.2. The van der Waals surface area contributed by atoms with Gasteiger partial charge in [-0.3, -0.25) is 15.0 Å². The highest BCUT2D eigenvalue weighted by Gasteiger charge is 2.31. The second kappa shape index (κ2) is 7.96. The van der Waals surface area contributed by atoms with Gasteiger partial charge in [-0.2, -0.15) is 0 Å². The molecule has 1 fully saturated rings. The quantitative estimate of drug-likeness (QED) is 0.602. The third-order valence-corrected chi connectivity index (χ3v) is 5.73. The Morgan fingerprint density at radius 2 is 2.38 bits per heavy atom. The Balaban J connectivity index is 1.56. The van der Waals surface area contributed by atoms with Crippen molar-refractivity contribution in [1.82, 2.24) is 15.1 Å². The summed E-state index contributed by atoms with van der Waals surface area (Å²) in [6, 6.07) is 8.30. The number of carbonyl (C=O) groups is 1. The summed E-state index contributed by atoms with van der Waals surface area (Å²) in [5.74, 6) is 1.74. The molecule has 0 aliphatic carbocycles. The number of hydrogen-bond donors (Lipinski definition) is 1. The van der Waals surface area contributed by atoms with E-state index < -0.39 is 0 Å². The number of nitrogens with zero attached hydrogens (tertiary/aromatic N) is 3. The summed E-state index contributed by atoms with van der Waals surface area (Å²) in [6.45, 7) is 3.34. The predicted molar refractivity (Wildman–Crippen MR) is 96.9 cm³/mol. The van der Waals surface area contributed by atoms with Crippen molar-refractivity contribution < 1.29 is 9.53 Å². The first kappa shape index (κ1) is 17.2. The van der Waals surface area contributed by atoms with Gasteiger partial charge in [0.15, 0.2) is 4.34 Å². The zero-order chi connectivity index (χ0) is 16.9. The Hall–Kier alpha value is -1.64. The SMILES string of the molecule is CCSc1nnc(NC(=O)CN2CCC2c2cccc(OC)c2)s1. The molecule has 128 valence electrons. The van der Waals surface area contributed by atoms with Crippen LogP contribution in [0, 0.1) is 0 Å². The Labute approximate surface area is 149 Å². The molecule has 1 amide bonds. The van der Waals surface area contributed by atoms with Gasteiger partial charge in [0.05, 0.1) is 13.7 Å². The number of likely N-dealkylation sites (tertiary alicyclic amines) is 1. The van der Waals surface area contributed by atoms with Gasteiger partial charge in [-0.15, -0.1) is 10.2 Å². The molecule has 1 atom stereocenters. The number of rotatable bonds is 7. The molecule has 2 heterocycles. The molecular formula is C16H20N4O2S2. The lowest BCUT2D eigenvalue weighted by atomic mass is 9.94. The first-order valence-electron chi connectivity index (χ1n) is 7.83. The van der Waals surface area contributed by atoms with Crippen molar-refractivity contribution in [3.63, 3.8) is 0 Å². The van der Waals surface area contributed by atoms with Crippen LogP contribution in [0.1, 0.15) is 24.9 Å². The molecule has 1 N–H and O–H groups in total. The Bertz CT molecular complexity index is 707. The second-order valence-electron chi connectivity index (χ2n) is 5.41. The van der Waals surface area contributed by atoms with Crippen molar-refractivity contribution in [2.45, 2.75) is 23.7 Å². The molecule has 1 unspecified atom stereocenters. The number of amides is 1. The smallest absolute Gasteiger partial charge is 0.240 e. The van der Waals surface area contributed by atoms with E-state index in [1.807, 2.05) is 18.2 Å². The van der Waals surface area contributed by atoms with Crippen LogP contribution in [0.4, 0.5) is 5.13 Å². The number of nitrogens with one attached hydrogen (secondary N) is 1. The van der Waals surface area contributed by atoms with Crippen molar-refractivity contribution in [3.8, 4) is 5.75 Å². The van der Waals surface area contributed by atoms with E-state index >= 15 is 0 Å². The van der Waals surface area contributed by atoms with Crippen LogP contribution in [0.2, 0.25) is 0 Å². The molecule has 1 saturated heterocycles. The summed E-state index contributed by atoms with van der Waals surface area (Å²) in [7, 11) is 1.66. The summed E-state index contributed by atoms with van der Waals surface area (Å²) >= 11 is 3.04. The summed E-state index contributed by atoms with van der Waals surface area (Å²) < 4.78 is 6.16. The average molecular weight is 364 g/mol. The van der Waals surface area contributed by atoms with Crippen LogP contribution in [0.25, 0.3) is 0 Å². The van der Waals surface area contributed by atoms with Gasteiger partial charge in [-0.05, 0) is 29.9 Å². The van der Waals surface area contributed by atoms with Crippen molar-refractivity contribution in [2.75, 3.05) is 31.3 Å². The van der Waals surface area contributed by atoms with Crippen LogP contribution in [0.3, 0.4) is 0 Å². The van der Waals surface area contributed by atoms with Crippen LogP contribution in [0.5, 0.6) is 5.75 Å². The van der Waals surface area contributed by atoms with E-state index in [2.05, 4.69) is 33.4 Å². The van der Waals surface area contributed by atoms with Crippen LogP contribution >= 0.6 is 23.1 Å². The molecule has 1 aliphatic rings. The number of carbonyl (C=O) groups excluding carboxylic acids is 1. The molecule has 0 saturated carbocycles. The largest absolute Gasteiger partial charge is 0.497 e. The number of aromatic nitrogens is 2. The number of benzene rings is 1. The fraction of sp³-hybridized carbons (Fsp3) is 0.438. The molecule has 24 heavy (non-hydrogen) atoms. The van der Waals surface area contributed by atoms with Crippen molar-refractivity contribution in [2.24, 2.45) is 0 Å². The van der Waals surface area contributed by atoms with E-state index in [0.717, 1.165) is 28.8 Å². The molecule has 3 rings (SSSR count). The third kappa shape index (κ3) is 4.06. The number of anilines is 1. The number of thioether (sulfide) groups is 1. The fourth-order valence-electron chi connectivity index (χ4n) is 2.64. The molecular weight excluding hydrogens is 344 g/mol. The van der Waals surface area contributed by atoms with E-state index in [4.69, 9.17) is 4.74 Å². The van der Waals surface area contributed by atoms with Gasteiger partial charge in [-0.25, -0.2) is 0 Å². The zero-order valence-corrected chi connectivity index (χ0v) is 15.3. The normalized spacial score (nSPS) is 17.3. The predicted octanol–water partition coefficient (Wildman–Crippen LogP) is 3.04. The summed E-state index contributed by atoms with van der Waals surface area (Å²) in [6.07, 6.45) is 1.05. The van der Waals surface area contributed by atoms with Crippen LogP contribution < -0.4 is 10.1 Å². The first-order chi connectivity index (χ1) is 11.7. The number of methoxy groups -OCH3 is 1. The zero-order valence-electron chi connectivity index (χ0n) is 13.7. The molecule has 1 aromatic carbocycles. The van der Waals surface area contributed by atoms with E-state index in [-0.39, 0.29) is 11.9 Å². The number of ether oxygens (including phenoxy) is 1. The van der Waals surface area contributed by atoms with Crippen LogP contribution in [-0.2, 0) is 4.79 Å². The van der Waals surface area contributed by atoms with Crippen molar-refractivity contribution >= 4 is 34.1 Å². The van der Waals surface area contributed by atoms with E-state index in [1.54, 1.807) is 18.9 Å². The second-order valence-corrected chi connectivity index (χ2v) is 7.89. The van der Waals surface area contributed by atoms with E-state index in [1.165, 1.54) is 16.9 Å². The molecule has 2 aromatic rings. The minimum Gasteiger partial charge on any atom is -0.497 e. The highest BCUT2D eigenvalue weighted by molar-refractivity contribution is 8.01. The van der Waals surface area contributed by atoms with Gasteiger partial charge in [0.25, 0.3) is 0 Å². The highest BCUT2D eigenvalue weighted by Crippen LogP contribution is 2.34. The molecule has 0 spiro atoms. The first-order valence-corrected chi connectivity index (χ1v) is 9.64. The minimum atomic E-state index is -0.0493. The van der Waals surface area contributed by atoms with E-state index in [0.29, 0.717) is 11.7 Å². The topological polar surface area (TPSA) is 67.4 Å². The van der Waals surface area contributed by atoms with Gasteiger partial charge in [0.1, 0.15) is 5.75 Å². The Morgan fingerprint density at radius 1 is 1.50 bits per heavy atom. The van der Waals surface area contributed by atoms with Gasteiger partial charge in [0.2, 0.25) is 11.0 Å². The minimum absolute atomic E-state index is 0.0493. The van der Waals surface area contributed by atoms with Gasteiger partial charge >= 0.3 is 0 Å². The van der Waals surface area contributed by atoms with Crippen molar-refractivity contribution in [3.05, 3.63) is 29.8 Å². The Kier molecular flexibility index (Phi) is 5.70. The standard InChI is InChI=1S/C16H20N4O2S2/c1-3-23-16-19-18-15(24-16)17-14(21)10-20-8-7-13(20)11-5-4-6-12(9-11)22-2/h4-6,9,13H,3,7-8,10H2,1-2H3,(H,17,18,21). The summed E-state index contributed by atoms with van der Waals surface area (Å²) in [5, 5.41) is 11.5. The number of hydrogen-bond acceptors (Lipinski definition) is 7. The van der Waals surface area contributed by atoms with Crippen LogP contribution in [-0.4, -0.2) is 47.0 Å². The average Bonchev–Trinajstić information content (AvgIpc) is 2.99. The third-order valence-electron chi connectivity index (χ3n) is 3.88. The summed E-state index contributed by atoms with van der Waals surface area (Å²) in [5.41, 5.74) is 1.19. The monoisotopic (exact) mass is 364 g/mol. The highest BCUT2D eigenvalue weighted by atomic mass is 32.2. The molecule has 1 aliphatic heterocycles. The maximum atomic E-state index is 12.2. The lowest BCUT2D eigenvalue weighted by Gasteiger charge is -2.40. The molecule has 0 bridgehead atoms. The lowest BCUT2D eigenvalue weighted by molar-refractivity contribution is -0.119. The maximum Gasteiger partial charge on any atom is 0.240 e. The summed E-state index contributed by atoms with van der Waals surface area (Å²) in [4.78, 5) is 14.4. The van der Waals surface area contributed by atoms with Crippen LogP contribution in [0.15, 0.2) is 28.6 Å². The molecule has 6 nitrogen and oxygen atoms in total. The van der Waals surface area contributed by atoms with E-state index in [9.17, 15) is 4.79 Å². The van der Waals surface area contributed by atoms with Gasteiger partial charge < -0.3 is 4.74 Å². The van der Waals surface area contributed by atoms with Gasteiger partial charge in [0, 0.05) is 12.6 Å². The lowest BCUT2D eigenvalue weighted by Crippen LogP contribution is -2.45. The fourth-order valence-corrected chi connectivity index (χ4v) is 4.31. The van der Waals surface area contributed by atoms with Gasteiger partial charge in [-0.1, -0.05) is 42.2 Å².